The molecule has 0 aliphatic carbocycles. The van der Waals surface area contributed by atoms with E-state index >= 15 is 0 Å². The molecule has 0 spiro atoms. The highest BCUT2D eigenvalue weighted by atomic mass is 32.1. The molecule has 98 valence electrons. The van der Waals surface area contributed by atoms with Crippen LogP contribution in [0.4, 0.5) is 20.2 Å². The van der Waals surface area contributed by atoms with Crippen LogP contribution in [-0.2, 0) is 0 Å². The average molecular weight is 278 g/mol. The zero-order chi connectivity index (χ0) is 13.8. The highest BCUT2D eigenvalue weighted by Crippen LogP contribution is 2.16. The topological polar surface area (TPSA) is 24.1 Å². The lowest BCUT2D eigenvalue weighted by Gasteiger charge is -2.11. The van der Waals surface area contributed by atoms with Crippen LogP contribution in [0.15, 0.2) is 42.5 Å². The van der Waals surface area contributed by atoms with Crippen LogP contribution < -0.4 is 10.6 Å². The van der Waals surface area contributed by atoms with Crippen molar-refractivity contribution in [2.75, 3.05) is 10.6 Å². The smallest absolute Gasteiger partial charge is 0.175 e. The van der Waals surface area contributed by atoms with Crippen molar-refractivity contribution < 1.29 is 8.78 Å². The Morgan fingerprint density at radius 1 is 1.05 bits per heavy atom. The molecule has 2 aromatic rings. The second kappa shape index (κ2) is 5.75. The Morgan fingerprint density at radius 3 is 2.58 bits per heavy atom. The molecule has 0 amide bonds. The molecule has 19 heavy (non-hydrogen) atoms. The minimum Gasteiger partial charge on any atom is -0.332 e. The summed E-state index contributed by atoms with van der Waals surface area (Å²) in [4.78, 5) is 0. The molecule has 2 rings (SSSR count). The van der Waals surface area contributed by atoms with Gasteiger partial charge in [0.15, 0.2) is 5.11 Å². The lowest BCUT2D eigenvalue weighted by Crippen LogP contribution is -2.19. The molecule has 0 heterocycles. The van der Waals surface area contributed by atoms with Gasteiger partial charge in [0.1, 0.15) is 11.6 Å². The molecule has 0 aliphatic rings. The predicted octanol–water partition coefficient (Wildman–Crippen LogP) is 4.08. The Kier molecular flexibility index (Phi) is 4.06. The molecular weight excluding hydrogens is 266 g/mol. The summed E-state index contributed by atoms with van der Waals surface area (Å²) in [6, 6.07) is 10.6. The van der Waals surface area contributed by atoms with Gasteiger partial charge in [-0.3, -0.25) is 0 Å². The average Bonchev–Trinajstić information content (AvgIpc) is 2.34. The molecule has 0 bridgehead atoms. The van der Waals surface area contributed by atoms with Gasteiger partial charge in [-0.05, 0) is 55.0 Å². The third-order valence-electron chi connectivity index (χ3n) is 2.45. The van der Waals surface area contributed by atoms with E-state index in [1.54, 1.807) is 24.3 Å². The molecule has 2 nitrogen and oxygen atoms in total. The first-order valence-corrected chi connectivity index (χ1v) is 6.05. The van der Waals surface area contributed by atoms with E-state index in [1.165, 1.54) is 18.2 Å². The van der Waals surface area contributed by atoms with Crippen LogP contribution in [0.1, 0.15) is 5.56 Å². The summed E-state index contributed by atoms with van der Waals surface area (Å²) in [5.74, 6) is -0.761. The largest absolute Gasteiger partial charge is 0.332 e. The maximum atomic E-state index is 13.5. The Bertz CT molecular complexity index is 614. The van der Waals surface area contributed by atoms with E-state index in [1.807, 2.05) is 6.92 Å². The van der Waals surface area contributed by atoms with Gasteiger partial charge in [-0.1, -0.05) is 12.1 Å². The van der Waals surface area contributed by atoms with Gasteiger partial charge in [0, 0.05) is 5.69 Å². The lowest BCUT2D eigenvalue weighted by molar-refractivity contribution is 0.628. The van der Waals surface area contributed by atoms with Crippen molar-refractivity contribution in [1.82, 2.24) is 0 Å². The van der Waals surface area contributed by atoms with Crippen molar-refractivity contribution >= 4 is 28.7 Å². The Morgan fingerprint density at radius 2 is 1.84 bits per heavy atom. The van der Waals surface area contributed by atoms with Crippen LogP contribution in [0.25, 0.3) is 0 Å². The predicted molar refractivity (Wildman–Crippen MR) is 77.4 cm³/mol. The van der Waals surface area contributed by atoms with Gasteiger partial charge in [-0.15, -0.1) is 0 Å². The van der Waals surface area contributed by atoms with Crippen molar-refractivity contribution in [3.05, 3.63) is 59.7 Å². The maximum Gasteiger partial charge on any atom is 0.175 e. The van der Waals surface area contributed by atoms with Crippen molar-refractivity contribution in [3.8, 4) is 0 Å². The number of aryl methyl sites for hydroxylation is 1. The fraction of sp³-hybridized carbons (Fsp3) is 0.0714. The highest BCUT2D eigenvalue weighted by Gasteiger charge is 2.05. The third-order valence-corrected chi connectivity index (χ3v) is 2.66. The molecule has 0 saturated heterocycles. The third kappa shape index (κ3) is 3.72. The summed E-state index contributed by atoms with van der Waals surface area (Å²) in [5.41, 5.74) is 1.71. The molecule has 5 heteroatoms. The number of benzene rings is 2. The Labute approximate surface area is 115 Å². The van der Waals surface area contributed by atoms with Crippen LogP contribution in [0, 0.1) is 18.6 Å². The fourth-order valence-electron chi connectivity index (χ4n) is 1.59. The summed E-state index contributed by atoms with van der Waals surface area (Å²) in [6.45, 7) is 1.85. The van der Waals surface area contributed by atoms with Gasteiger partial charge in [0.25, 0.3) is 0 Å². The van der Waals surface area contributed by atoms with Crippen LogP contribution in [0.2, 0.25) is 0 Å². The van der Waals surface area contributed by atoms with E-state index < -0.39 is 5.82 Å². The van der Waals surface area contributed by atoms with E-state index in [2.05, 4.69) is 10.6 Å². The van der Waals surface area contributed by atoms with E-state index in [4.69, 9.17) is 12.2 Å². The standard InChI is InChI=1S/C14H12F2N2S/c1-9-5-6-12(16)13(7-9)18-14(19)17-11-4-2-3-10(15)8-11/h2-8H,1H3,(H2,17,18,19). The second-order valence-electron chi connectivity index (χ2n) is 4.07. The summed E-state index contributed by atoms with van der Waals surface area (Å²) in [6.07, 6.45) is 0. The molecule has 0 aliphatic heterocycles. The van der Waals surface area contributed by atoms with Crippen LogP contribution in [0.3, 0.4) is 0 Å². The number of hydrogen-bond acceptors (Lipinski definition) is 1. The zero-order valence-electron chi connectivity index (χ0n) is 10.2. The van der Waals surface area contributed by atoms with E-state index in [0.29, 0.717) is 5.69 Å². The van der Waals surface area contributed by atoms with Crippen molar-refractivity contribution in [1.29, 1.82) is 0 Å². The van der Waals surface area contributed by atoms with Crippen molar-refractivity contribution in [3.63, 3.8) is 0 Å². The summed E-state index contributed by atoms with van der Waals surface area (Å²) in [5, 5.41) is 5.74. The second-order valence-corrected chi connectivity index (χ2v) is 4.48. The number of halogens is 2. The fourth-order valence-corrected chi connectivity index (χ4v) is 1.81. The van der Waals surface area contributed by atoms with E-state index in [0.717, 1.165) is 5.56 Å². The van der Waals surface area contributed by atoms with Crippen molar-refractivity contribution in [2.24, 2.45) is 0 Å². The normalized spacial score (nSPS) is 10.1. The summed E-state index contributed by atoms with van der Waals surface area (Å²) >= 11 is 5.05. The highest BCUT2D eigenvalue weighted by molar-refractivity contribution is 7.80. The number of hydrogen-bond donors (Lipinski definition) is 2. The van der Waals surface area contributed by atoms with Gasteiger partial charge < -0.3 is 10.6 Å². The summed E-state index contributed by atoms with van der Waals surface area (Å²) < 4.78 is 26.5. The molecule has 0 radical (unpaired) electrons. The molecular formula is C14H12F2N2S. The SMILES string of the molecule is Cc1ccc(F)c(NC(=S)Nc2cccc(F)c2)c1. The van der Waals surface area contributed by atoms with E-state index in [-0.39, 0.29) is 16.6 Å². The molecule has 0 saturated carbocycles. The number of nitrogens with one attached hydrogen (secondary N) is 2. The zero-order valence-corrected chi connectivity index (χ0v) is 11.0. The molecule has 0 unspecified atom stereocenters. The van der Waals surface area contributed by atoms with E-state index in [9.17, 15) is 8.78 Å². The first-order chi connectivity index (χ1) is 9.04. The minimum absolute atomic E-state index is 0.204. The van der Waals surface area contributed by atoms with Crippen LogP contribution in [-0.4, -0.2) is 5.11 Å². The van der Waals surface area contributed by atoms with Gasteiger partial charge in [0.2, 0.25) is 0 Å². The maximum absolute atomic E-state index is 13.5. The van der Waals surface area contributed by atoms with Gasteiger partial charge in [-0.2, -0.15) is 0 Å². The van der Waals surface area contributed by atoms with Gasteiger partial charge in [0.05, 0.1) is 5.69 Å². The summed E-state index contributed by atoms with van der Waals surface area (Å²) in [7, 11) is 0. The number of anilines is 2. The lowest BCUT2D eigenvalue weighted by atomic mass is 10.2. The first-order valence-electron chi connectivity index (χ1n) is 5.64. The van der Waals surface area contributed by atoms with Crippen LogP contribution >= 0.6 is 12.2 Å². The van der Waals surface area contributed by atoms with Crippen molar-refractivity contribution in [2.45, 2.75) is 6.92 Å². The van der Waals surface area contributed by atoms with Crippen LogP contribution in [0.5, 0.6) is 0 Å². The minimum atomic E-state index is -0.394. The molecule has 2 aromatic carbocycles. The van der Waals surface area contributed by atoms with Gasteiger partial charge >= 0.3 is 0 Å². The van der Waals surface area contributed by atoms with Gasteiger partial charge in [-0.25, -0.2) is 8.78 Å². The Hall–Kier alpha value is -2.01. The molecule has 2 N–H and O–H groups in total. The molecule has 0 aromatic heterocycles. The monoisotopic (exact) mass is 278 g/mol. The molecule has 0 atom stereocenters. The first kappa shape index (κ1) is 13.4. The quantitative estimate of drug-likeness (QED) is 0.809. The number of rotatable bonds is 2. The molecule has 0 fully saturated rings. The Balaban J connectivity index is 2.07. The number of thiocarbonyl (C=S) groups is 1.